The number of hydrogen-bond acceptors (Lipinski definition) is 5. The molecule has 1 saturated heterocycles. The zero-order valence-corrected chi connectivity index (χ0v) is 13.4. The van der Waals surface area contributed by atoms with Crippen molar-refractivity contribution in [2.75, 3.05) is 26.2 Å². The van der Waals surface area contributed by atoms with Crippen molar-refractivity contribution in [2.45, 2.75) is 32.9 Å². The van der Waals surface area contributed by atoms with Crippen molar-refractivity contribution in [3.8, 4) is 0 Å². The molecule has 5 heteroatoms. The number of nitrogens with zero attached hydrogens (tertiary/aromatic N) is 4. The molecule has 0 bridgehead atoms. The van der Waals surface area contributed by atoms with E-state index in [1.807, 2.05) is 0 Å². The first-order chi connectivity index (χ1) is 10.7. The van der Waals surface area contributed by atoms with Gasteiger partial charge in [-0.1, -0.05) is 49.3 Å². The molecule has 1 aromatic heterocycles. The van der Waals surface area contributed by atoms with Crippen LogP contribution in [0.3, 0.4) is 0 Å². The molecule has 0 saturated carbocycles. The molecule has 2 heterocycles. The summed E-state index contributed by atoms with van der Waals surface area (Å²) in [6, 6.07) is 10.7. The molecule has 0 aliphatic carbocycles. The summed E-state index contributed by atoms with van der Waals surface area (Å²) in [5.74, 6) is 1.86. The van der Waals surface area contributed by atoms with Crippen LogP contribution in [0.5, 0.6) is 0 Å². The van der Waals surface area contributed by atoms with E-state index < -0.39 is 0 Å². The van der Waals surface area contributed by atoms with Gasteiger partial charge in [-0.25, -0.2) is 0 Å². The van der Waals surface area contributed by atoms with Gasteiger partial charge >= 0.3 is 0 Å². The average molecular weight is 300 g/mol. The van der Waals surface area contributed by atoms with Gasteiger partial charge in [-0.2, -0.15) is 4.98 Å². The molecule has 118 valence electrons. The predicted molar refractivity (Wildman–Crippen MR) is 85.4 cm³/mol. The van der Waals surface area contributed by atoms with Crippen LogP contribution in [-0.2, 0) is 13.1 Å². The van der Waals surface area contributed by atoms with Crippen LogP contribution in [0.2, 0.25) is 0 Å². The molecule has 22 heavy (non-hydrogen) atoms. The minimum absolute atomic E-state index is 0.320. The monoisotopic (exact) mass is 300 g/mol. The van der Waals surface area contributed by atoms with Crippen LogP contribution in [-0.4, -0.2) is 46.1 Å². The Labute approximate surface area is 131 Å². The molecule has 0 radical (unpaired) electrons. The van der Waals surface area contributed by atoms with Crippen molar-refractivity contribution in [3.05, 3.63) is 47.6 Å². The van der Waals surface area contributed by atoms with E-state index in [9.17, 15) is 0 Å². The standard InChI is InChI=1S/C17H24N4O/c1-14(2)17-18-16(22-19-17)13-21-10-8-20(9-11-21)12-15-6-4-3-5-7-15/h3-7,14H,8-13H2,1-2H3. The molecule has 0 N–H and O–H groups in total. The van der Waals surface area contributed by atoms with E-state index in [1.54, 1.807) is 0 Å². The summed E-state index contributed by atoms with van der Waals surface area (Å²) < 4.78 is 5.33. The quantitative estimate of drug-likeness (QED) is 0.849. The van der Waals surface area contributed by atoms with Crippen LogP contribution < -0.4 is 0 Å². The number of aromatic nitrogens is 2. The van der Waals surface area contributed by atoms with E-state index in [4.69, 9.17) is 4.52 Å². The summed E-state index contributed by atoms with van der Waals surface area (Å²) in [5.41, 5.74) is 1.38. The first kappa shape index (κ1) is 15.2. The van der Waals surface area contributed by atoms with Crippen molar-refractivity contribution < 1.29 is 4.52 Å². The maximum atomic E-state index is 5.33. The second-order valence-electron chi connectivity index (χ2n) is 6.24. The Bertz CT molecular complexity index is 573. The molecule has 5 nitrogen and oxygen atoms in total. The third-order valence-electron chi connectivity index (χ3n) is 4.07. The highest BCUT2D eigenvalue weighted by Crippen LogP contribution is 2.13. The van der Waals surface area contributed by atoms with Crippen molar-refractivity contribution in [1.82, 2.24) is 19.9 Å². The Balaban J connectivity index is 1.47. The molecule has 3 rings (SSSR count). The molecule has 2 aromatic rings. The van der Waals surface area contributed by atoms with Gasteiger partial charge in [0.05, 0.1) is 6.54 Å². The van der Waals surface area contributed by atoms with Gasteiger partial charge in [-0.3, -0.25) is 9.80 Å². The van der Waals surface area contributed by atoms with Crippen molar-refractivity contribution >= 4 is 0 Å². The van der Waals surface area contributed by atoms with E-state index >= 15 is 0 Å². The molecular formula is C17H24N4O. The summed E-state index contributed by atoms with van der Waals surface area (Å²) in [4.78, 5) is 9.34. The lowest BCUT2D eigenvalue weighted by Gasteiger charge is -2.33. The van der Waals surface area contributed by atoms with Gasteiger partial charge < -0.3 is 4.52 Å². The lowest BCUT2D eigenvalue weighted by molar-refractivity contribution is 0.112. The van der Waals surface area contributed by atoms with Crippen LogP contribution in [0.1, 0.15) is 37.0 Å². The highest BCUT2D eigenvalue weighted by molar-refractivity contribution is 5.14. The van der Waals surface area contributed by atoms with E-state index in [0.717, 1.165) is 51.0 Å². The average Bonchev–Trinajstić information content (AvgIpc) is 2.99. The van der Waals surface area contributed by atoms with Gasteiger partial charge in [0.1, 0.15) is 0 Å². The lowest BCUT2D eigenvalue weighted by atomic mass is 10.2. The van der Waals surface area contributed by atoms with Crippen LogP contribution in [0.15, 0.2) is 34.9 Å². The fourth-order valence-electron chi connectivity index (χ4n) is 2.71. The zero-order chi connectivity index (χ0) is 15.4. The Morgan fingerprint density at radius 1 is 1.00 bits per heavy atom. The molecular weight excluding hydrogens is 276 g/mol. The third kappa shape index (κ3) is 3.93. The van der Waals surface area contributed by atoms with Crippen LogP contribution in [0, 0.1) is 0 Å². The number of piperazine rings is 1. The molecule has 0 atom stereocenters. The molecule has 1 aromatic carbocycles. The minimum atomic E-state index is 0.320. The SMILES string of the molecule is CC(C)c1noc(CN2CCN(Cc3ccccc3)CC2)n1. The summed E-state index contributed by atoms with van der Waals surface area (Å²) in [7, 11) is 0. The van der Waals surface area contributed by atoms with Gasteiger partial charge in [0, 0.05) is 38.6 Å². The molecule has 1 aliphatic heterocycles. The van der Waals surface area contributed by atoms with Crippen LogP contribution >= 0.6 is 0 Å². The fraction of sp³-hybridized carbons (Fsp3) is 0.529. The highest BCUT2D eigenvalue weighted by atomic mass is 16.5. The largest absolute Gasteiger partial charge is 0.338 e. The topological polar surface area (TPSA) is 45.4 Å². The van der Waals surface area contributed by atoms with Gasteiger partial charge in [-0.05, 0) is 5.56 Å². The summed E-state index contributed by atoms with van der Waals surface area (Å²) >= 11 is 0. The van der Waals surface area contributed by atoms with Crippen LogP contribution in [0.4, 0.5) is 0 Å². The summed E-state index contributed by atoms with van der Waals surface area (Å²) in [5, 5.41) is 4.03. The van der Waals surface area contributed by atoms with Crippen molar-refractivity contribution in [2.24, 2.45) is 0 Å². The second kappa shape index (κ2) is 7.03. The zero-order valence-electron chi connectivity index (χ0n) is 13.4. The minimum Gasteiger partial charge on any atom is -0.338 e. The molecule has 1 fully saturated rings. The summed E-state index contributed by atoms with van der Waals surface area (Å²) in [6.07, 6.45) is 0. The van der Waals surface area contributed by atoms with Gasteiger partial charge in [0.2, 0.25) is 5.89 Å². The van der Waals surface area contributed by atoms with E-state index in [-0.39, 0.29) is 0 Å². The van der Waals surface area contributed by atoms with E-state index in [0.29, 0.717) is 5.92 Å². The number of rotatable bonds is 5. The molecule has 0 spiro atoms. The van der Waals surface area contributed by atoms with Gasteiger partial charge in [0.25, 0.3) is 0 Å². The first-order valence-electron chi connectivity index (χ1n) is 8.02. The fourth-order valence-corrected chi connectivity index (χ4v) is 2.71. The van der Waals surface area contributed by atoms with Gasteiger partial charge in [-0.15, -0.1) is 0 Å². The Morgan fingerprint density at radius 2 is 1.64 bits per heavy atom. The van der Waals surface area contributed by atoms with Crippen LogP contribution in [0.25, 0.3) is 0 Å². The first-order valence-corrected chi connectivity index (χ1v) is 8.02. The Hall–Kier alpha value is -1.72. The number of hydrogen-bond donors (Lipinski definition) is 0. The Morgan fingerprint density at radius 3 is 2.23 bits per heavy atom. The second-order valence-corrected chi connectivity index (χ2v) is 6.24. The van der Waals surface area contributed by atoms with Gasteiger partial charge in [0.15, 0.2) is 5.82 Å². The predicted octanol–water partition coefficient (Wildman–Crippen LogP) is 2.51. The maximum Gasteiger partial charge on any atom is 0.240 e. The summed E-state index contributed by atoms with van der Waals surface area (Å²) in [6.45, 7) is 10.2. The lowest BCUT2D eigenvalue weighted by Crippen LogP contribution is -2.45. The number of benzene rings is 1. The maximum absolute atomic E-state index is 5.33. The normalized spacial score (nSPS) is 17.2. The smallest absolute Gasteiger partial charge is 0.240 e. The highest BCUT2D eigenvalue weighted by Gasteiger charge is 2.19. The van der Waals surface area contributed by atoms with E-state index in [1.165, 1.54) is 5.56 Å². The third-order valence-corrected chi connectivity index (χ3v) is 4.07. The van der Waals surface area contributed by atoms with E-state index in [2.05, 4.69) is 64.1 Å². The van der Waals surface area contributed by atoms with Crippen molar-refractivity contribution in [1.29, 1.82) is 0 Å². The molecule has 1 aliphatic rings. The molecule has 0 unspecified atom stereocenters. The molecule has 0 amide bonds. The Kier molecular flexibility index (Phi) is 4.85. The van der Waals surface area contributed by atoms with Crippen molar-refractivity contribution in [3.63, 3.8) is 0 Å².